The van der Waals surface area contributed by atoms with Crippen LogP contribution in [-0.2, 0) is 15.4 Å². The number of hydrogen-bond donors (Lipinski definition) is 2. The van der Waals surface area contributed by atoms with Crippen LogP contribution in [0.25, 0.3) is 0 Å². The van der Waals surface area contributed by atoms with Gasteiger partial charge in [-0.2, -0.15) is 0 Å². The normalized spacial score (nSPS) is 18.0. The molecule has 1 unspecified atom stereocenters. The molecule has 3 N–H and O–H groups in total. The highest BCUT2D eigenvalue weighted by Gasteiger charge is 2.33. The molecular formula is C15H24N2O2S. The van der Waals surface area contributed by atoms with E-state index in [0.717, 1.165) is 18.4 Å². The Bertz CT molecular complexity index is 555. The van der Waals surface area contributed by atoms with Gasteiger partial charge in [0.25, 0.3) is 0 Å². The molecule has 0 radical (unpaired) electrons. The standard InChI is InChI=1S/C15H24N2O2S/c1-15(2,3)12-6-8-13(9-7-12)20(18,19)17-14(10-16)11-4-5-11/h6-9,11,14,17H,4-5,10,16H2,1-3H3. The molecule has 0 spiro atoms. The molecule has 1 saturated carbocycles. The molecule has 0 saturated heterocycles. The minimum atomic E-state index is -3.47. The fourth-order valence-corrected chi connectivity index (χ4v) is 3.55. The van der Waals surface area contributed by atoms with Gasteiger partial charge in [0.05, 0.1) is 4.90 Å². The lowest BCUT2D eigenvalue weighted by atomic mass is 9.87. The molecule has 1 fully saturated rings. The highest BCUT2D eigenvalue weighted by molar-refractivity contribution is 7.89. The highest BCUT2D eigenvalue weighted by atomic mass is 32.2. The number of nitrogens with one attached hydrogen (secondary N) is 1. The monoisotopic (exact) mass is 296 g/mol. The molecule has 0 aliphatic heterocycles. The molecule has 0 amide bonds. The maximum Gasteiger partial charge on any atom is 0.240 e. The zero-order valence-corrected chi connectivity index (χ0v) is 13.2. The number of hydrogen-bond acceptors (Lipinski definition) is 3. The van der Waals surface area contributed by atoms with Crippen molar-refractivity contribution in [3.8, 4) is 0 Å². The van der Waals surface area contributed by atoms with Gasteiger partial charge >= 0.3 is 0 Å². The molecule has 0 bridgehead atoms. The van der Waals surface area contributed by atoms with Crippen molar-refractivity contribution in [2.75, 3.05) is 6.54 Å². The Morgan fingerprint density at radius 1 is 1.25 bits per heavy atom. The molecule has 1 aliphatic rings. The summed E-state index contributed by atoms with van der Waals surface area (Å²) in [6.45, 7) is 6.66. The first-order chi connectivity index (χ1) is 9.24. The number of nitrogens with two attached hydrogens (primary N) is 1. The fraction of sp³-hybridized carbons (Fsp3) is 0.600. The third-order valence-corrected chi connectivity index (χ3v) is 5.29. The van der Waals surface area contributed by atoms with E-state index in [1.54, 1.807) is 12.1 Å². The summed E-state index contributed by atoms with van der Waals surface area (Å²) >= 11 is 0. The topological polar surface area (TPSA) is 72.2 Å². The number of benzene rings is 1. The van der Waals surface area contributed by atoms with Crippen molar-refractivity contribution in [3.05, 3.63) is 29.8 Å². The Balaban J connectivity index is 2.17. The van der Waals surface area contributed by atoms with E-state index in [1.165, 1.54) is 0 Å². The molecule has 4 nitrogen and oxygen atoms in total. The zero-order valence-electron chi connectivity index (χ0n) is 12.4. The van der Waals surface area contributed by atoms with Crippen LogP contribution in [-0.4, -0.2) is 21.0 Å². The molecular weight excluding hydrogens is 272 g/mol. The lowest BCUT2D eigenvalue weighted by Crippen LogP contribution is -2.41. The molecule has 1 atom stereocenters. The van der Waals surface area contributed by atoms with Crippen LogP contribution in [0.15, 0.2) is 29.2 Å². The Hall–Kier alpha value is -0.910. The van der Waals surface area contributed by atoms with E-state index in [4.69, 9.17) is 5.73 Å². The van der Waals surface area contributed by atoms with Crippen molar-refractivity contribution in [2.45, 2.75) is 50.0 Å². The molecule has 0 aromatic heterocycles. The fourth-order valence-electron chi connectivity index (χ4n) is 2.24. The van der Waals surface area contributed by atoms with Gasteiger partial charge in [0.15, 0.2) is 0 Å². The average Bonchev–Trinajstić information content (AvgIpc) is 3.19. The molecule has 20 heavy (non-hydrogen) atoms. The van der Waals surface area contributed by atoms with Gasteiger partial charge in [-0.3, -0.25) is 0 Å². The predicted octanol–water partition coefficient (Wildman–Crippen LogP) is 2.00. The summed E-state index contributed by atoms with van der Waals surface area (Å²) in [6.07, 6.45) is 2.13. The van der Waals surface area contributed by atoms with Crippen molar-refractivity contribution < 1.29 is 8.42 Å². The van der Waals surface area contributed by atoms with E-state index >= 15 is 0 Å². The van der Waals surface area contributed by atoms with Gasteiger partial charge in [-0.15, -0.1) is 0 Å². The van der Waals surface area contributed by atoms with Crippen LogP contribution in [0.4, 0.5) is 0 Å². The Morgan fingerprint density at radius 2 is 1.80 bits per heavy atom. The Labute approximate surface area is 121 Å². The highest BCUT2D eigenvalue weighted by Crippen LogP contribution is 2.33. The van der Waals surface area contributed by atoms with Gasteiger partial charge in [-0.05, 0) is 41.9 Å². The Kier molecular flexibility index (Phi) is 4.23. The molecule has 1 aliphatic carbocycles. The van der Waals surface area contributed by atoms with E-state index in [9.17, 15) is 8.42 Å². The van der Waals surface area contributed by atoms with Gasteiger partial charge < -0.3 is 5.73 Å². The summed E-state index contributed by atoms with van der Waals surface area (Å²) in [5.74, 6) is 0.406. The summed E-state index contributed by atoms with van der Waals surface area (Å²) in [4.78, 5) is 0.310. The summed E-state index contributed by atoms with van der Waals surface area (Å²) < 4.78 is 27.4. The third kappa shape index (κ3) is 3.59. The van der Waals surface area contributed by atoms with Crippen molar-refractivity contribution in [1.82, 2.24) is 4.72 Å². The summed E-state index contributed by atoms with van der Waals surface area (Å²) in [6, 6.07) is 6.96. The largest absolute Gasteiger partial charge is 0.329 e. The first kappa shape index (κ1) is 15.5. The maximum absolute atomic E-state index is 12.3. The molecule has 2 rings (SSSR count). The van der Waals surface area contributed by atoms with Crippen LogP contribution in [0.1, 0.15) is 39.2 Å². The summed E-state index contributed by atoms with van der Waals surface area (Å²) in [7, 11) is -3.47. The van der Waals surface area contributed by atoms with Crippen molar-refractivity contribution >= 4 is 10.0 Å². The summed E-state index contributed by atoms with van der Waals surface area (Å²) in [5, 5.41) is 0. The average molecular weight is 296 g/mol. The predicted molar refractivity (Wildman–Crippen MR) is 81.0 cm³/mol. The van der Waals surface area contributed by atoms with Gasteiger partial charge in [0, 0.05) is 12.6 Å². The minimum absolute atomic E-state index is 0.0174. The quantitative estimate of drug-likeness (QED) is 0.873. The van der Waals surface area contributed by atoms with Crippen LogP contribution in [0, 0.1) is 5.92 Å². The van der Waals surface area contributed by atoms with E-state index in [0.29, 0.717) is 17.4 Å². The SMILES string of the molecule is CC(C)(C)c1ccc(S(=O)(=O)NC(CN)C2CC2)cc1. The van der Waals surface area contributed by atoms with Crippen molar-refractivity contribution in [1.29, 1.82) is 0 Å². The second kappa shape index (κ2) is 5.47. The lowest BCUT2D eigenvalue weighted by Gasteiger charge is -2.20. The van der Waals surface area contributed by atoms with E-state index in [1.807, 2.05) is 12.1 Å². The van der Waals surface area contributed by atoms with Crippen molar-refractivity contribution in [2.24, 2.45) is 11.7 Å². The second-order valence-corrected chi connectivity index (χ2v) is 8.29. The van der Waals surface area contributed by atoms with E-state index < -0.39 is 10.0 Å². The minimum Gasteiger partial charge on any atom is -0.329 e. The van der Waals surface area contributed by atoms with Crippen molar-refractivity contribution in [3.63, 3.8) is 0 Å². The first-order valence-electron chi connectivity index (χ1n) is 7.07. The lowest BCUT2D eigenvalue weighted by molar-refractivity contribution is 0.519. The second-order valence-electron chi connectivity index (χ2n) is 6.58. The van der Waals surface area contributed by atoms with Crippen LogP contribution in [0.3, 0.4) is 0 Å². The Morgan fingerprint density at radius 3 is 2.20 bits per heavy atom. The number of rotatable bonds is 5. The van der Waals surface area contributed by atoms with E-state index in [-0.39, 0.29) is 11.5 Å². The number of sulfonamides is 1. The smallest absolute Gasteiger partial charge is 0.240 e. The van der Waals surface area contributed by atoms with Gasteiger partial charge in [0.2, 0.25) is 10.0 Å². The zero-order chi connectivity index (χ0) is 15.0. The molecule has 5 heteroatoms. The molecule has 1 aromatic carbocycles. The van der Waals surface area contributed by atoms with Crippen LogP contribution in [0.2, 0.25) is 0 Å². The van der Waals surface area contributed by atoms with Gasteiger partial charge in [0.1, 0.15) is 0 Å². The van der Waals surface area contributed by atoms with E-state index in [2.05, 4.69) is 25.5 Å². The summed E-state index contributed by atoms with van der Waals surface area (Å²) in [5.41, 5.74) is 6.79. The van der Waals surface area contributed by atoms with Gasteiger partial charge in [-0.25, -0.2) is 13.1 Å². The molecule has 0 heterocycles. The van der Waals surface area contributed by atoms with Crippen LogP contribution in [0.5, 0.6) is 0 Å². The maximum atomic E-state index is 12.3. The van der Waals surface area contributed by atoms with Crippen LogP contribution < -0.4 is 10.5 Å². The van der Waals surface area contributed by atoms with Crippen LogP contribution >= 0.6 is 0 Å². The molecule has 112 valence electrons. The van der Waals surface area contributed by atoms with Gasteiger partial charge in [-0.1, -0.05) is 32.9 Å². The molecule has 1 aromatic rings. The first-order valence-corrected chi connectivity index (χ1v) is 8.55. The third-order valence-electron chi connectivity index (χ3n) is 3.78.